The minimum absolute atomic E-state index is 0.113. The Balaban J connectivity index is 1.78. The molecule has 0 amide bonds. The molecule has 2 aromatic rings. The van der Waals surface area contributed by atoms with Gasteiger partial charge in [-0.1, -0.05) is 17.7 Å². The van der Waals surface area contributed by atoms with Crippen molar-refractivity contribution in [1.29, 1.82) is 0 Å². The standard InChI is InChI=1S/C16H17ClFN3O/c1-9(11-5-6-13(22-2)12(18)7-11)19-15-8-14(17)20-16(21-15)10-3-4-10/h5-10H,3-4H2,1-2H3,(H,19,20,21). The van der Waals surface area contributed by atoms with E-state index in [0.717, 1.165) is 24.2 Å². The Morgan fingerprint density at radius 3 is 2.73 bits per heavy atom. The van der Waals surface area contributed by atoms with Gasteiger partial charge >= 0.3 is 0 Å². The van der Waals surface area contributed by atoms with E-state index in [0.29, 0.717) is 16.9 Å². The van der Waals surface area contributed by atoms with Crippen LogP contribution < -0.4 is 10.1 Å². The molecule has 1 aliphatic rings. The zero-order chi connectivity index (χ0) is 15.7. The fourth-order valence-electron chi connectivity index (χ4n) is 2.29. The van der Waals surface area contributed by atoms with Gasteiger partial charge in [-0.2, -0.15) is 0 Å². The molecule has 0 aliphatic heterocycles. The van der Waals surface area contributed by atoms with E-state index in [9.17, 15) is 4.39 Å². The second-order valence-corrected chi connectivity index (χ2v) is 5.86. The Labute approximate surface area is 133 Å². The molecular formula is C16H17ClFN3O. The van der Waals surface area contributed by atoms with Crippen LogP contribution in [-0.2, 0) is 0 Å². The van der Waals surface area contributed by atoms with Crippen LogP contribution in [-0.4, -0.2) is 17.1 Å². The molecule has 1 aliphatic carbocycles. The molecular weight excluding hydrogens is 305 g/mol. The number of halogens is 2. The SMILES string of the molecule is COc1ccc(C(C)Nc2cc(Cl)nc(C3CC3)n2)cc1F. The first-order chi connectivity index (χ1) is 10.6. The van der Waals surface area contributed by atoms with Gasteiger partial charge in [0.1, 0.15) is 16.8 Å². The van der Waals surface area contributed by atoms with Gasteiger partial charge in [-0.3, -0.25) is 0 Å². The lowest BCUT2D eigenvalue weighted by Crippen LogP contribution is -2.10. The van der Waals surface area contributed by atoms with Gasteiger partial charge in [-0.05, 0) is 37.5 Å². The summed E-state index contributed by atoms with van der Waals surface area (Å²) in [5.41, 5.74) is 0.806. The Morgan fingerprint density at radius 2 is 2.09 bits per heavy atom. The summed E-state index contributed by atoms with van der Waals surface area (Å²) in [5, 5.41) is 3.67. The number of benzene rings is 1. The molecule has 4 nitrogen and oxygen atoms in total. The highest BCUT2D eigenvalue weighted by Gasteiger charge is 2.27. The maximum atomic E-state index is 13.8. The maximum Gasteiger partial charge on any atom is 0.165 e. The molecule has 116 valence electrons. The first-order valence-electron chi connectivity index (χ1n) is 7.21. The normalized spacial score (nSPS) is 15.5. The summed E-state index contributed by atoms with van der Waals surface area (Å²) in [6.45, 7) is 1.94. The fraction of sp³-hybridized carbons (Fsp3) is 0.375. The van der Waals surface area contributed by atoms with E-state index < -0.39 is 0 Å². The summed E-state index contributed by atoms with van der Waals surface area (Å²) < 4.78 is 18.7. The van der Waals surface area contributed by atoms with Crippen molar-refractivity contribution in [2.45, 2.75) is 31.7 Å². The highest BCUT2D eigenvalue weighted by Crippen LogP contribution is 2.39. The van der Waals surface area contributed by atoms with Crippen LogP contribution in [0.25, 0.3) is 0 Å². The van der Waals surface area contributed by atoms with Crippen LogP contribution >= 0.6 is 11.6 Å². The van der Waals surface area contributed by atoms with E-state index in [1.807, 2.05) is 13.0 Å². The number of anilines is 1. The topological polar surface area (TPSA) is 47.0 Å². The molecule has 1 heterocycles. The van der Waals surface area contributed by atoms with Crippen molar-refractivity contribution < 1.29 is 9.13 Å². The largest absolute Gasteiger partial charge is 0.494 e. The number of hydrogen-bond acceptors (Lipinski definition) is 4. The Morgan fingerprint density at radius 1 is 1.32 bits per heavy atom. The van der Waals surface area contributed by atoms with E-state index in [4.69, 9.17) is 16.3 Å². The number of nitrogens with one attached hydrogen (secondary N) is 1. The van der Waals surface area contributed by atoms with E-state index in [2.05, 4.69) is 15.3 Å². The molecule has 1 N–H and O–H groups in total. The second kappa shape index (κ2) is 6.08. The van der Waals surface area contributed by atoms with Gasteiger partial charge in [0.25, 0.3) is 0 Å². The molecule has 0 radical (unpaired) electrons. The average Bonchev–Trinajstić information content (AvgIpc) is 3.31. The summed E-state index contributed by atoms with van der Waals surface area (Å²) in [5.74, 6) is 1.71. The zero-order valence-electron chi connectivity index (χ0n) is 12.4. The van der Waals surface area contributed by atoms with Gasteiger partial charge in [0.05, 0.1) is 13.2 Å². The van der Waals surface area contributed by atoms with Gasteiger partial charge < -0.3 is 10.1 Å². The number of aromatic nitrogens is 2. The van der Waals surface area contributed by atoms with Crippen molar-refractivity contribution in [2.24, 2.45) is 0 Å². The summed E-state index contributed by atoms with van der Waals surface area (Å²) in [6, 6.07) is 6.47. The molecule has 22 heavy (non-hydrogen) atoms. The predicted molar refractivity (Wildman–Crippen MR) is 84.0 cm³/mol. The summed E-state index contributed by atoms with van der Waals surface area (Å²) in [6.07, 6.45) is 2.22. The summed E-state index contributed by atoms with van der Waals surface area (Å²) in [7, 11) is 1.45. The zero-order valence-corrected chi connectivity index (χ0v) is 13.2. The second-order valence-electron chi connectivity index (χ2n) is 5.47. The maximum absolute atomic E-state index is 13.8. The van der Waals surface area contributed by atoms with E-state index in [-0.39, 0.29) is 17.6 Å². The van der Waals surface area contributed by atoms with Gasteiger partial charge in [0, 0.05) is 12.0 Å². The number of hydrogen-bond donors (Lipinski definition) is 1. The fourth-order valence-corrected chi connectivity index (χ4v) is 2.48. The molecule has 0 bridgehead atoms. The van der Waals surface area contributed by atoms with Crippen molar-refractivity contribution in [3.8, 4) is 5.75 Å². The van der Waals surface area contributed by atoms with E-state index in [1.165, 1.54) is 13.2 Å². The minimum atomic E-state index is -0.381. The monoisotopic (exact) mass is 321 g/mol. The molecule has 0 spiro atoms. The molecule has 0 saturated heterocycles. The Bertz CT molecular complexity index is 691. The van der Waals surface area contributed by atoms with Crippen molar-refractivity contribution in [2.75, 3.05) is 12.4 Å². The smallest absolute Gasteiger partial charge is 0.165 e. The summed E-state index contributed by atoms with van der Waals surface area (Å²) in [4.78, 5) is 8.74. The van der Waals surface area contributed by atoms with E-state index >= 15 is 0 Å². The van der Waals surface area contributed by atoms with Crippen LogP contribution in [0.1, 0.15) is 43.1 Å². The van der Waals surface area contributed by atoms with Crippen molar-refractivity contribution in [3.05, 3.63) is 46.6 Å². The number of rotatable bonds is 5. The highest BCUT2D eigenvalue weighted by atomic mass is 35.5. The third-order valence-corrected chi connectivity index (χ3v) is 3.89. The van der Waals surface area contributed by atoms with Crippen molar-refractivity contribution in [3.63, 3.8) is 0 Å². The minimum Gasteiger partial charge on any atom is -0.494 e. The average molecular weight is 322 g/mol. The first kappa shape index (κ1) is 15.0. The van der Waals surface area contributed by atoms with Crippen LogP contribution in [0.3, 0.4) is 0 Å². The molecule has 3 rings (SSSR count). The van der Waals surface area contributed by atoms with Gasteiger partial charge in [0.15, 0.2) is 11.6 Å². The van der Waals surface area contributed by atoms with Crippen LogP contribution in [0, 0.1) is 5.82 Å². The first-order valence-corrected chi connectivity index (χ1v) is 7.59. The van der Waals surface area contributed by atoms with Crippen molar-refractivity contribution >= 4 is 17.4 Å². The van der Waals surface area contributed by atoms with Gasteiger partial charge in [-0.15, -0.1) is 0 Å². The molecule has 1 atom stereocenters. The van der Waals surface area contributed by atoms with Crippen LogP contribution in [0.5, 0.6) is 5.75 Å². The lowest BCUT2D eigenvalue weighted by molar-refractivity contribution is 0.386. The Kier molecular flexibility index (Phi) is 4.16. The van der Waals surface area contributed by atoms with Crippen LogP contribution in [0.15, 0.2) is 24.3 Å². The third kappa shape index (κ3) is 3.30. The molecule has 6 heteroatoms. The Hall–Kier alpha value is -1.88. The number of methoxy groups -OCH3 is 1. The van der Waals surface area contributed by atoms with Gasteiger partial charge in [-0.25, -0.2) is 14.4 Å². The van der Waals surface area contributed by atoms with E-state index in [1.54, 1.807) is 12.1 Å². The van der Waals surface area contributed by atoms with Gasteiger partial charge in [0.2, 0.25) is 0 Å². The van der Waals surface area contributed by atoms with Crippen LogP contribution in [0.4, 0.5) is 10.2 Å². The molecule has 1 unspecified atom stereocenters. The quantitative estimate of drug-likeness (QED) is 0.833. The molecule has 1 aromatic heterocycles. The molecule has 1 aromatic carbocycles. The van der Waals surface area contributed by atoms with Crippen LogP contribution in [0.2, 0.25) is 5.15 Å². The lowest BCUT2D eigenvalue weighted by atomic mass is 10.1. The number of nitrogens with zero attached hydrogens (tertiary/aromatic N) is 2. The highest BCUT2D eigenvalue weighted by molar-refractivity contribution is 6.29. The molecule has 1 saturated carbocycles. The molecule has 1 fully saturated rings. The lowest BCUT2D eigenvalue weighted by Gasteiger charge is -2.16. The third-order valence-electron chi connectivity index (χ3n) is 3.69. The predicted octanol–water partition coefficient (Wildman–Crippen LogP) is 4.33. The number of ether oxygens (including phenoxy) is 1. The van der Waals surface area contributed by atoms with Crippen molar-refractivity contribution in [1.82, 2.24) is 9.97 Å². The summed E-state index contributed by atoms with van der Waals surface area (Å²) >= 11 is 6.05.